The molecule has 24 heavy (non-hydrogen) atoms. The minimum atomic E-state index is -0.899. The topological polar surface area (TPSA) is 99.3 Å². The lowest BCUT2D eigenvalue weighted by Crippen LogP contribution is -2.55. The summed E-state index contributed by atoms with van der Waals surface area (Å²) in [6.45, 7) is 1.77. The monoisotopic (exact) mass is 328 g/mol. The standard InChI is InChI=1S/C18H20N2O4/c1-18(9-5-4-8-13(18)17(23)24)20-16(22)14-10-11-6-2-3-7-12(11)15(21)19-14/h2-3,6-7,10,13H,4-5,8-9H2,1H3,(H,19,21)(H,20,22)(H,23,24)/t13-,18-/m1/s1. The van der Waals surface area contributed by atoms with E-state index < -0.39 is 23.3 Å². The van der Waals surface area contributed by atoms with Crippen LogP contribution < -0.4 is 10.9 Å². The number of carbonyl (C=O) groups is 2. The molecule has 6 heteroatoms. The average molecular weight is 328 g/mol. The van der Waals surface area contributed by atoms with Gasteiger partial charge in [0, 0.05) is 5.39 Å². The Balaban J connectivity index is 1.92. The largest absolute Gasteiger partial charge is 0.481 e. The van der Waals surface area contributed by atoms with Crippen LogP contribution in [-0.2, 0) is 4.79 Å². The van der Waals surface area contributed by atoms with E-state index in [1.165, 1.54) is 0 Å². The second kappa shape index (κ2) is 6.11. The van der Waals surface area contributed by atoms with Crippen molar-refractivity contribution in [3.8, 4) is 0 Å². The third kappa shape index (κ3) is 2.91. The summed E-state index contributed by atoms with van der Waals surface area (Å²) in [6, 6.07) is 8.64. The van der Waals surface area contributed by atoms with Gasteiger partial charge in [-0.05, 0) is 37.3 Å². The summed E-state index contributed by atoms with van der Waals surface area (Å²) < 4.78 is 0. The zero-order valence-electron chi connectivity index (χ0n) is 13.5. The summed E-state index contributed by atoms with van der Waals surface area (Å²) in [7, 11) is 0. The average Bonchev–Trinajstić information content (AvgIpc) is 2.54. The van der Waals surface area contributed by atoms with Crippen LogP contribution in [0.5, 0.6) is 0 Å². The Bertz CT molecular complexity index is 857. The smallest absolute Gasteiger partial charge is 0.308 e. The van der Waals surface area contributed by atoms with Crippen molar-refractivity contribution in [3.63, 3.8) is 0 Å². The number of benzene rings is 1. The highest BCUT2D eigenvalue weighted by Crippen LogP contribution is 2.34. The number of H-pyrrole nitrogens is 1. The van der Waals surface area contributed by atoms with Crippen molar-refractivity contribution in [1.29, 1.82) is 0 Å². The molecule has 1 aromatic heterocycles. The third-order valence-corrected chi connectivity index (χ3v) is 4.90. The number of carbonyl (C=O) groups excluding carboxylic acids is 1. The second-order valence-electron chi connectivity index (χ2n) is 6.61. The Hall–Kier alpha value is -2.63. The first-order valence-electron chi connectivity index (χ1n) is 8.08. The van der Waals surface area contributed by atoms with E-state index in [-0.39, 0.29) is 11.3 Å². The molecule has 6 nitrogen and oxygen atoms in total. The molecule has 0 spiro atoms. The lowest BCUT2D eigenvalue weighted by molar-refractivity contribution is -0.145. The maximum absolute atomic E-state index is 12.6. The molecule has 1 aliphatic rings. The van der Waals surface area contributed by atoms with E-state index in [2.05, 4.69) is 10.3 Å². The molecule has 2 aromatic rings. The van der Waals surface area contributed by atoms with Gasteiger partial charge in [0.05, 0.1) is 11.5 Å². The number of carboxylic acid groups (broad SMARTS) is 1. The molecule has 3 rings (SSSR count). The molecule has 1 saturated carbocycles. The van der Waals surface area contributed by atoms with E-state index in [1.807, 2.05) is 0 Å². The van der Waals surface area contributed by atoms with Crippen LogP contribution >= 0.6 is 0 Å². The molecule has 3 N–H and O–H groups in total. The fourth-order valence-electron chi connectivity index (χ4n) is 3.54. The number of pyridine rings is 1. The molecule has 0 bridgehead atoms. The van der Waals surface area contributed by atoms with Crippen molar-refractivity contribution in [2.75, 3.05) is 0 Å². The number of aromatic nitrogens is 1. The van der Waals surface area contributed by atoms with E-state index in [0.717, 1.165) is 12.8 Å². The predicted molar refractivity (Wildman–Crippen MR) is 90.0 cm³/mol. The fourth-order valence-corrected chi connectivity index (χ4v) is 3.54. The minimum absolute atomic E-state index is 0.148. The maximum atomic E-state index is 12.6. The van der Waals surface area contributed by atoms with E-state index in [0.29, 0.717) is 23.6 Å². The highest BCUT2D eigenvalue weighted by molar-refractivity contribution is 5.97. The highest BCUT2D eigenvalue weighted by atomic mass is 16.4. The highest BCUT2D eigenvalue weighted by Gasteiger charge is 2.42. The summed E-state index contributed by atoms with van der Waals surface area (Å²) in [6.07, 6.45) is 2.86. The third-order valence-electron chi connectivity index (χ3n) is 4.90. The Morgan fingerprint density at radius 2 is 2.04 bits per heavy atom. The summed E-state index contributed by atoms with van der Waals surface area (Å²) >= 11 is 0. The molecule has 1 heterocycles. The summed E-state index contributed by atoms with van der Waals surface area (Å²) in [4.78, 5) is 38.8. The molecule has 1 aromatic carbocycles. The van der Waals surface area contributed by atoms with E-state index >= 15 is 0 Å². The number of carboxylic acids is 1. The summed E-state index contributed by atoms with van der Waals surface area (Å²) in [5.41, 5.74) is -1.000. The predicted octanol–water partition coefficient (Wildman–Crippen LogP) is 2.29. The quantitative estimate of drug-likeness (QED) is 0.805. The number of hydrogen-bond donors (Lipinski definition) is 3. The van der Waals surface area contributed by atoms with Crippen LogP contribution in [-0.4, -0.2) is 27.5 Å². The zero-order valence-corrected chi connectivity index (χ0v) is 13.5. The molecule has 0 saturated heterocycles. The lowest BCUT2D eigenvalue weighted by Gasteiger charge is -2.39. The Morgan fingerprint density at radius 3 is 2.79 bits per heavy atom. The van der Waals surface area contributed by atoms with Crippen LogP contribution in [0, 0.1) is 5.92 Å². The van der Waals surface area contributed by atoms with Crippen molar-refractivity contribution < 1.29 is 14.7 Å². The lowest BCUT2D eigenvalue weighted by atomic mass is 9.74. The number of nitrogens with one attached hydrogen (secondary N) is 2. The van der Waals surface area contributed by atoms with Gasteiger partial charge in [-0.25, -0.2) is 0 Å². The van der Waals surface area contributed by atoms with Crippen molar-refractivity contribution in [3.05, 3.63) is 46.4 Å². The van der Waals surface area contributed by atoms with Gasteiger partial charge in [0.2, 0.25) is 0 Å². The number of fused-ring (bicyclic) bond motifs is 1. The van der Waals surface area contributed by atoms with Gasteiger partial charge in [-0.3, -0.25) is 14.4 Å². The number of aliphatic carboxylic acids is 1. The summed E-state index contributed by atoms with van der Waals surface area (Å²) in [5.74, 6) is -1.97. The van der Waals surface area contributed by atoms with Gasteiger partial charge in [0.15, 0.2) is 0 Å². The van der Waals surface area contributed by atoms with Crippen molar-refractivity contribution >= 4 is 22.6 Å². The molecule has 1 amide bonds. The molecule has 126 valence electrons. The molecule has 0 unspecified atom stereocenters. The first-order chi connectivity index (χ1) is 11.4. The van der Waals surface area contributed by atoms with Gasteiger partial charge >= 0.3 is 5.97 Å². The molecule has 2 atom stereocenters. The van der Waals surface area contributed by atoms with E-state index in [4.69, 9.17) is 0 Å². The molecule has 1 fully saturated rings. The van der Waals surface area contributed by atoms with Crippen LogP contribution in [0.2, 0.25) is 0 Å². The summed E-state index contributed by atoms with van der Waals surface area (Å²) in [5, 5.41) is 13.5. The Kier molecular flexibility index (Phi) is 4.13. The second-order valence-corrected chi connectivity index (χ2v) is 6.61. The van der Waals surface area contributed by atoms with Crippen LogP contribution in [0.15, 0.2) is 35.1 Å². The molecule has 0 aliphatic heterocycles. The maximum Gasteiger partial charge on any atom is 0.308 e. The van der Waals surface area contributed by atoms with Gasteiger partial charge in [-0.15, -0.1) is 0 Å². The van der Waals surface area contributed by atoms with Gasteiger partial charge in [0.1, 0.15) is 5.69 Å². The zero-order chi connectivity index (χ0) is 17.3. The van der Waals surface area contributed by atoms with Crippen molar-refractivity contribution in [1.82, 2.24) is 10.3 Å². The normalized spacial score (nSPS) is 23.8. The Labute approximate surface area is 138 Å². The molecular formula is C18H20N2O4. The van der Waals surface area contributed by atoms with Crippen LogP contribution in [0.3, 0.4) is 0 Å². The molecular weight excluding hydrogens is 308 g/mol. The molecule has 1 aliphatic carbocycles. The van der Waals surface area contributed by atoms with Gasteiger partial charge in [-0.2, -0.15) is 0 Å². The van der Waals surface area contributed by atoms with Gasteiger partial charge in [-0.1, -0.05) is 31.0 Å². The number of hydrogen-bond acceptors (Lipinski definition) is 3. The first kappa shape index (κ1) is 16.2. The minimum Gasteiger partial charge on any atom is -0.481 e. The number of aromatic amines is 1. The van der Waals surface area contributed by atoms with E-state index in [9.17, 15) is 19.5 Å². The van der Waals surface area contributed by atoms with Crippen LogP contribution in [0.1, 0.15) is 43.1 Å². The molecule has 0 radical (unpaired) electrons. The van der Waals surface area contributed by atoms with Crippen LogP contribution in [0.4, 0.5) is 0 Å². The SMILES string of the molecule is C[C@@]1(NC(=O)c2cc3ccccc3c(=O)[nH]2)CCCC[C@@H]1C(=O)O. The van der Waals surface area contributed by atoms with Crippen molar-refractivity contribution in [2.24, 2.45) is 5.92 Å². The first-order valence-corrected chi connectivity index (χ1v) is 8.08. The number of amides is 1. The van der Waals surface area contributed by atoms with Crippen molar-refractivity contribution in [2.45, 2.75) is 38.1 Å². The van der Waals surface area contributed by atoms with Gasteiger partial charge < -0.3 is 15.4 Å². The fraction of sp³-hybridized carbons (Fsp3) is 0.389. The van der Waals surface area contributed by atoms with Gasteiger partial charge in [0.25, 0.3) is 11.5 Å². The Morgan fingerprint density at radius 1 is 1.29 bits per heavy atom. The number of rotatable bonds is 3. The van der Waals surface area contributed by atoms with Crippen LogP contribution in [0.25, 0.3) is 10.8 Å². The van der Waals surface area contributed by atoms with E-state index in [1.54, 1.807) is 37.3 Å².